The van der Waals surface area contributed by atoms with E-state index >= 15 is 0 Å². The third-order valence-corrected chi connectivity index (χ3v) is 4.83. The second-order valence-electron chi connectivity index (χ2n) is 5.75. The van der Waals surface area contributed by atoms with E-state index in [0.717, 1.165) is 16.7 Å². The van der Waals surface area contributed by atoms with Crippen molar-refractivity contribution in [1.29, 1.82) is 0 Å². The number of nitrogens with zero attached hydrogens (tertiary/aromatic N) is 4. The molecule has 142 valence electrons. The molecule has 0 radical (unpaired) electrons. The van der Waals surface area contributed by atoms with Crippen molar-refractivity contribution in [3.05, 3.63) is 70.3 Å². The lowest BCUT2D eigenvalue weighted by Gasteiger charge is -2.14. The molecule has 28 heavy (non-hydrogen) atoms. The van der Waals surface area contributed by atoms with Gasteiger partial charge in [0.25, 0.3) is 5.69 Å². The van der Waals surface area contributed by atoms with Crippen molar-refractivity contribution in [1.82, 2.24) is 0 Å². The van der Waals surface area contributed by atoms with Crippen LogP contribution < -0.4 is 10.6 Å². The predicted octanol–water partition coefficient (Wildman–Crippen LogP) is 2.31. The Morgan fingerprint density at radius 3 is 2.50 bits per heavy atom. The van der Waals surface area contributed by atoms with Gasteiger partial charge in [0.15, 0.2) is 5.17 Å². The summed E-state index contributed by atoms with van der Waals surface area (Å²) in [6.45, 7) is 0. The molecule has 2 N–H and O–H groups in total. The average Bonchev–Trinajstić information content (AvgIpc) is 2.96. The SMILES string of the molecule is NC(=NN=Cc1ccc([N+](=O)[O-])cc1)S[C@@H]1CC(=O)N(c2ccccc2)C1=O. The van der Waals surface area contributed by atoms with E-state index in [1.54, 1.807) is 30.3 Å². The van der Waals surface area contributed by atoms with Crippen LogP contribution in [0.1, 0.15) is 12.0 Å². The molecule has 0 spiro atoms. The quantitative estimate of drug-likeness (QED) is 0.271. The number of non-ortho nitro benzene ring substituents is 1. The summed E-state index contributed by atoms with van der Waals surface area (Å²) in [5, 5.41) is 17.6. The van der Waals surface area contributed by atoms with Crippen LogP contribution in [0.3, 0.4) is 0 Å². The number of nitrogens with two attached hydrogens (primary N) is 1. The number of hydrogen-bond donors (Lipinski definition) is 1. The first-order valence-electron chi connectivity index (χ1n) is 8.15. The number of hydrogen-bond acceptors (Lipinski definition) is 7. The van der Waals surface area contributed by atoms with Gasteiger partial charge in [0.05, 0.1) is 16.8 Å². The molecule has 1 saturated heterocycles. The lowest BCUT2D eigenvalue weighted by Crippen LogP contribution is -2.31. The standard InChI is InChI=1S/C18H15N5O4S/c19-18(21-20-11-12-6-8-14(9-7-12)23(26)27)28-15-10-16(24)22(17(15)25)13-4-2-1-3-5-13/h1-9,11,15H,10H2,(H2,19,21)/t15-/m1/s1. The molecule has 2 amide bonds. The van der Waals surface area contributed by atoms with E-state index in [0.29, 0.717) is 11.3 Å². The Balaban J connectivity index is 1.62. The maximum absolute atomic E-state index is 12.5. The van der Waals surface area contributed by atoms with E-state index in [-0.39, 0.29) is 29.1 Å². The van der Waals surface area contributed by atoms with Gasteiger partial charge < -0.3 is 5.73 Å². The molecule has 2 aromatic rings. The molecule has 0 aromatic heterocycles. The number of amidine groups is 1. The Kier molecular flexibility index (Phi) is 5.80. The third-order valence-electron chi connectivity index (χ3n) is 3.85. The van der Waals surface area contributed by atoms with Crippen molar-refractivity contribution >= 4 is 46.3 Å². The summed E-state index contributed by atoms with van der Waals surface area (Å²) >= 11 is 0.972. The average molecular weight is 397 g/mol. The summed E-state index contributed by atoms with van der Waals surface area (Å²) < 4.78 is 0. The zero-order valence-electron chi connectivity index (χ0n) is 14.5. The molecule has 2 aromatic carbocycles. The minimum absolute atomic E-state index is 0.0249. The molecule has 1 fully saturated rings. The fourth-order valence-electron chi connectivity index (χ4n) is 2.55. The van der Waals surface area contributed by atoms with Crippen molar-refractivity contribution in [2.45, 2.75) is 11.7 Å². The van der Waals surface area contributed by atoms with Crippen molar-refractivity contribution in [3.63, 3.8) is 0 Å². The largest absolute Gasteiger partial charge is 0.377 e. The first-order valence-corrected chi connectivity index (χ1v) is 9.03. The molecule has 1 atom stereocenters. The van der Waals surface area contributed by atoms with Crippen molar-refractivity contribution < 1.29 is 14.5 Å². The number of rotatable bonds is 5. The number of carbonyl (C=O) groups is 2. The van der Waals surface area contributed by atoms with E-state index in [1.807, 2.05) is 0 Å². The van der Waals surface area contributed by atoms with Crippen molar-refractivity contribution in [2.75, 3.05) is 4.90 Å². The minimum atomic E-state index is -0.661. The second-order valence-corrected chi connectivity index (χ2v) is 6.97. The molecule has 0 bridgehead atoms. The Morgan fingerprint density at radius 1 is 1.18 bits per heavy atom. The van der Waals surface area contributed by atoms with Crippen LogP contribution in [-0.4, -0.2) is 33.4 Å². The number of nitro groups is 1. The highest BCUT2D eigenvalue weighted by Gasteiger charge is 2.40. The highest BCUT2D eigenvalue weighted by molar-refractivity contribution is 8.14. The van der Waals surface area contributed by atoms with Gasteiger partial charge in [-0.05, 0) is 29.8 Å². The number of para-hydroxylation sites is 1. The maximum atomic E-state index is 12.5. The van der Waals surface area contributed by atoms with E-state index < -0.39 is 10.2 Å². The van der Waals surface area contributed by atoms with Crippen LogP contribution in [0.4, 0.5) is 11.4 Å². The number of nitro benzene ring substituents is 1. The van der Waals surface area contributed by atoms with Crippen LogP contribution in [0.15, 0.2) is 64.8 Å². The Hall–Kier alpha value is -3.53. The maximum Gasteiger partial charge on any atom is 0.269 e. The molecular formula is C18H15N5O4S. The van der Waals surface area contributed by atoms with Gasteiger partial charge in [-0.15, -0.1) is 5.10 Å². The fraction of sp³-hybridized carbons (Fsp3) is 0.111. The zero-order valence-corrected chi connectivity index (χ0v) is 15.3. The smallest absolute Gasteiger partial charge is 0.269 e. The predicted molar refractivity (Wildman–Crippen MR) is 107 cm³/mol. The zero-order chi connectivity index (χ0) is 20.1. The van der Waals surface area contributed by atoms with Gasteiger partial charge in [-0.3, -0.25) is 19.7 Å². The van der Waals surface area contributed by atoms with Gasteiger partial charge in [0, 0.05) is 18.6 Å². The molecule has 10 heteroatoms. The van der Waals surface area contributed by atoms with Gasteiger partial charge in [-0.1, -0.05) is 30.0 Å². The molecule has 3 rings (SSSR count). The first kappa shape index (κ1) is 19.2. The summed E-state index contributed by atoms with van der Waals surface area (Å²) in [7, 11) is 0. The summed E-state index contributed by atoms with van der Waals surface area (Å²) in [4.78, 5) is 36.0. The highest BCUT2D eigenvalue weighted by atomic mass is 32.2. The Morgan fingerprint density at radius 2 is 1.86 bits per heavy atom. The van der Waals surface area contributed by atoms with Crippen LogP contribution >= 0.6 is 11.8 Å². The Labute approximate surface area is 164 Å². The van der Waals surface area contributed by atoms with Crippen molar-refractivity contribution in [3.8, 4) is 0 Å². The molecule has 1 aliphatic heterocycles. The van der Waals surface area contributed by atoms with Gasteiger partial charge in [-0.25, -0.2) is 4.90 Å². The minimum Gasteiger partial charge on any atom is -0.377 e. The van der Waals surface area contributed by atoms with E-state index in [9.17, 15) is 19.7 Å². The van der Waals surface area contributed by atoms with Crippen LogP contribution in [0.25, 0.3) is 0 Å². The van der Waals surface area contributed by atoms with E-state index in [1.165, 1.54) is 30.5 Å². The highest BCUT2D eigenvalue weighted by Crippen LogP contribution is 2.29. The molecular weight excluding hydrogens is 382 g/mol. The van der Waals surface area contributed by atoms with Gasteiger partial charge in [0.1, 0.15) is 5.25 Å². The number of carbonyl (C=O) groups excluding carboxylic acids is 2. The lowest BCUT2D eigenvalue weighted by atomic mass is 10.2. The van der Waals surface area contributed by atoms with E-state index in [4.69, 9.17) is 5.73 Å². The van der Waals surface area contributed by atoms with E-state index in [2.05, 4.69) is 10.2 Å². The molecule has 0 unspecified atom stereocenters. The number of amides is 2. The first-order chi connectivity index (χ1) is 13.5. The normalized spacial score (nSPS) is 17.5. The molecule has 0 aliphatic carbocycles. The lowest BCUT2D eigenvalue weighted by molar-refractivity contribution is -0.384. The molecule has 1 aliphatic rings. The number of imide groups is 1. The van der Waals surface area contributed by atoms with Crippen LogP contribution in [-0.2, 0) is 9.59 Å². The summed E-state index contributed by atoms with van der Waals surface area (Å²) in [5.41, 5.74) is 6.90. The summed E-state index contributed by atoms with van der Waals surface area (Å²) in [6.07, 6.45) is 1.41. The van der Waals surface area contributed by atoms with Crippen molar-refractivity contribution in [2.24, 2.45) is 15.9 Å². The molecule has 0 saturated carbocycles. The summed E-state index contributed by atoms with van der Waals surface area (Å²) in [5.74, 6) is -0.644. The van der Waals surface area contributed by atoms with Crippen LogP contribution in [0, 0.1) is 10.1 Å². The number of thioether (sulfide) groups is 1. The monoisotopic (exact) mass is 397 g/mol. The number of benzene rings is 2. The van der Waals surface area contributed by atoms with Gasteiger partial charge in [0.2, 0.25) is 11.8 Å². The molecule has 9 nitrogen and oxygen atoms in total. The second kappa shape index (κ2) is 8.44. The van der Waals surface area contributed by atoms with Crippen LogP contribution in [0.2, 0.25) is 0 Å². The van der Waals surface area contributed by atoms with Gasteiger partial charge in [-0.2, -0.15) is 5.10 Å². The topological polar surface area (TPSA) is 131 Å². The molecule has 1 heterocycles. The fourth-order valence-corrected chi connectivity index (χ4v) is 3.37. The van der Waals surface area contributed by atoms with Crippen LogP contribution in [0.5, 0.6) is 0 Å². The number of anilines is 1. The Bertz CT molecular complexity index is 960. The van der Waals surface area contributed by atoms with Gasteiger partial charge >= 0.3 is 0 Å². The third kappa shape index (κ3) is 4.41. The summed E-state index contributed by atoms with van der Waals surface area (Å²) in [6, 6.07) is 14.4.